The summed E-state index contributed by atoms with van der Waals surface area (Å²) in [4.78, 5) is 26.6. The van der Waals surface area contributed by atoms with Crippen molar-refractivity contribution in [2.24, 2.45) is 0 Å². The fraction of sp³-hybridized carbons (Fsp3) is 0.533. The van der Waals surface area contributed by atoms with Crippen LogP contribution in [0.15, 0.2) is 42.5 Å². The van der Waals surface area contributed by atoms with Crippen molar-refractivity contribution < 1.29 is 14.3 Å². The Kier molecular flexibility index (Phi) is 11.9. The summed E-state index contributed by atoms with van der Waals surface area (Å²) in [6.45, 7) is 8.51. The summed E-state index contributed by atoms with van der Waals surface area (Å²) in [7, 11) is 0. The molecule has 0 amide bonds. The minimum atomic E-state index is -0.922. The van der Waals surface area contributed by atoms with Crippen LogP contribution in [0.2, 0.25) is 0 Å². The molecule has 3 nitrogen and oxygen atoms in total. The van der Waals surface area contributed by atoms with Crippen LogP contribution < -0.4 is 0 Å². The Morgan fingerprint density at radius 3 is 1.82 bits per heavy atom. The van der Waals surface area contributed by atoms with E-state index in [4.69, 9.17) is 4.74 Å². The zero-order valence-electron chi connectivity index (χ0n) is 21.1. The first-order valence-electron chi connectivity index (χ1n) is 12.8. The number of esters is 1. The van der Waals surface area contributed by atoms with Gasteiger partial charge in [0.15, 0.2) is 5.78 Å². The van der Waals surface area contributed by atoms with E-state index in [2.05, 4.69) is 6.92 Å². The van der Waals surface area contributed by atoms with Crippen LogP contribution in [0.4, 0.5) is 0 Å². The first-order chi connectivity index (χ1) is 16.0. The number of ether oxygens (including phenoxy) is 1. The molecule has 0 radical (unpaired) electrons. The summed E-state index contributed by atoms with van der Waals surface area (Å²) in [6, 6.07) is 13.3. The van der Waals surface area contributed by atoms with E-state index in [-0.39, 0.29) is 5.78 Å². The summed E-state index contributed by atoms with van der Waals surface area (Å²) in [5.74, 6) is -1.54. The topological polar surface area (TPSA) is 43.4 Å². The van der Waals surface area contributed by atoms with Gasteiger partial charge in [-0.3, -0.25) is 9.59 Å². The molecule has 0 spiro atoms. The van der Waals surface area contributed by atoms with Crippen LogP contribution in [-0.4, -0.2) is 18.4 Å². The van der Waals surface area contributed by atoms with Crippen molar-refractivity contribution in [1.82, 2.24) is 0 Å². The maximum Gasteiger partial charge on any atom is 0.321 e. The zero-order valence-corrected chi connectivity index (χ0v) is 21.1. The van der Waals surface area contributed by atoms with Crippen LogP contribution in [0, 0.1) is 20.8 Å². The molecule has 0 saturated carbocycles. The van der Waals surface area contributed by atoms with Gasteiger partial charge in [0.2, 0.25) is 0 Å². The number of benzene rings is 2. The molecule has 2 rings (SSSR count). The SMILES string of the molecule is CCCCCCCCCCCCOC(=O)C(C(=O)c1c(C)cc(C)cc1C)c1ccccc1. The molecule has 0 bridgehead atoms. The van der Waals surface area contributed by atoms with Crippen LogP contribution in [0.25, 0.3) is 0 Å². The number of ketones is 1. The van der Waals surface area contributed by atoms with Gasteiger partial charge in [0.1, 0.15) is 5.92 Å². The lowest BCUT2D eigenvalue weighted by molar-refractivity contribution is -0.144. The van der Waals surface area contributed by atoms with E-state index in [0.29, 0.717) is 17.7 Å². The van der Waals surface area contributed by atoms with Gasteiger partial charge in [-0.2, -0.15) is 0 Å². The molecule has 2 aromatic carbocycles. The summed E-state index contributed by atoms with van der Waals surface area (Å²) < 4.78 is 5.62. The van der Waals surface area contributed by atoms with Crippen LogP contribution in [0.1, 0.15) is 110 Å². The van der Waals surface area contributed by atoms with Gasteiger partial charge < -0.3 is 4.74 Å². The minimum absolute atomic E-state index is 0.177. The lowest BCUT2D eigenvalue weighted by Gasteiger charge is -2.18. The fourth-order valence-corrected chi connectivity index (χ4v) is 4.60. The van der Waals surface area contributed by atoms with Crippen molar-refractivity contribution in [2.45, 2.75) is 97.8 Å². The molecule has 0 heterocycles. The summed E-state index contributed by atoms with van der Waals surface area (Å²) in [6.07, 6.45) is 12.3. The molecule has 1 unspecified atom stereocenters. The van der Waals surface area contributed by atoms with Crippen molar-refractivity contribution in [1.29, 1.82) is 0 Å². The Balaban J connectivity index is 1.90. The first-order valence-corrected chi connectivity index (χ1v) is 12.8. The number of unbranched alkanes of at least 4 members (excludes halogenated alkanes) is 9. The Bertz CT molecular complexity index is 846. The fourth-order valence-electron chi connectivity index (χ4n) is 4.60. The molecule has 0 aliphatic heterocycles. The molecule has 0 fully saturated rings. The zero-order chi connectivity index (χ0) is 24.1. The second kappa shape index (κ2) is 14.7. The van der Waals surface area contributed by atoms with E-state index in [1.165, 1.54) is 51.4 Å². The lowest BCUT2D eigenvalue weighted by Crippen LogP contribution is -2.26. The quantitative estimate of drug-likeness (QED) is 0.119. The second-order valence-electron chi connectivity index (χ2n) is 9.33. The molecule has 0 aliphatic carbocycles. The number of carbonyl (C=O) groups is 2. The number of hydrogen-bond acceptors (Lipinski definition) is 3. The largest absolute Gasteiger partial charge is 0.465 e. The number of hydrogen-bond donors (Lipinski definition) is 0. The van der Waals surface area contributed by atoms with Gasteiger partial charge in [-0.25, -0.2) is 0 Å². The van der Waals surface area contributed by atoms with E-state index in [9.17, 15) is 9.59 Å². The molecular weight excluding hydrogens is 408 g/mol. The van der Waals surface area contributed by atoms with Crippen molar-refractivity contribution in [3.63, 3.8) is 0 Å². The van der Waals surface area contributed by atoms with Crippen molar-refractivity contribution in [2.75, 3.05) is 6.61 Å². The van der Waals surface area contributed by atoms with Crippen LogP contribution in [-0.2, 0) is 9.53 Å². The predicted octanol–water partition coefficient (Wildman–Crippen LogP) is 8.04. The standard InChI is InChI=1S/C30H42O3/c1-5-6-7-8-9-10-11-12-13-17-20-33-30(32)28(26-18-15-14-16-19-26)29(31)27-24(3)21-23(2)22-25(27)4/h14-16,18-19,21-22,28H,5-13,17,20H2,1-4H3. The van der Waals surface area contributed by atoms with E-state index in [1.54, 1.807) is 0 Å². The number of carbonyl (C=O) groups excluding carboxylic acids is 2. The first kappa shape index (κ1) is 26.8. The predicted molar refractivity (Wildman–Crippen MR) is 137 cm³/mol. The summed E-state index contributed by atoms with van der Waals surface area (Å²) >= 11 is 0. The van der Waals surface area contributed by atoms with Gasteiger partial charge in [-0.1, -0.05) is 113 Å². The number of Topliss-reactive ketones (excluding diaryl/α,β-unsaturated/α-hetero) is 1. The molecule has 1 atom stereocenters. The minimum Gasteiger partial charge on any atom is -0.465 e. The summed E-state index contributed by atoms with van der Waals surface area (Å²) in [5, 5.41) is 0. The molecular formula is C30H42O3. The number of aryl methyl sites for hydroxylation is 3. The van der Waals surface area contributed by atoms with Crippen molar-refractivity contribution >= 4 is 11.8 Å². The molecule has 0 aliphatic rings. The van der Waals surface area contributed by atoms with Gasteiger partial charge in [-0.15, -0.1) is 0 Å². The third kappa shape index (κ3) is 8.79. The smallest absolute Gasteiger partial charge is 0.321 e. The third-order valence-corrected chi connectivity index (χ3v) is 6.30. The summed E-state index contributed by atoms with van der Waals surface area (Å²) in [5.41, 5.74) is 4.24. The van der Waals surface area contributed by atoms with Gasteiger partial charge in [0.05, 0.1) is 6.61 Å². The molecule has 0 aromatic heterocycles. The molecule has 2 aromatic rings. The normalized spacial score (nSPS) is 11.9. The number of rotatable bonds is 15. The molecule has 0 N–H and O–H groups in total. The van der Waals surface area contributed by atoms with Crippen molar-refractivity contribution in [3.05, 3.63) is 70.3 Å². The van der Waals surface area contributed by atoms with E-state index < -0.39 is 11.9 Å². The van der Waals surface area contributed by atoms with Gasteiger partial charge in [-0.05, 0) is 43.9 Å². The molecule has 0 saturated heterocycles. The Hall–Kier alpha value is -2.42. The maximum atomic E-state index is 13.5. The molecule has 3 heteroatoms. The van der Waals surface area contributed by atoms with Gasteiger partial charge in [0, 0.05) is 5.56 Å². The van der Waals surface area contributed by atoms with E-state index >= 15 is 0 Å². The third-order valence-electron chi connectivity index (χ3n) is 6.30. The van der Waals surface area contributed by atoms with Gasteiger partial charge in [0.25, 0.3) is 0 Å². The highest BCUT2D eigenvalue weighted by Crippen LogP contribution is 2.27. The lowest BCUT2D eigenvalue weighted by atomic mass is 9.86. The van der Waals surface area contributed by atoms with Crippen molar-refractivity contribution in [3.8, 4) is 0 Å². The van der Waals surface area contributed by atoms with Crippen LogP contribution in [0.3, 0.4) is 0 Å². The average Bonchev–Trinajstić information content (AvgIpc) is 2.77. The van der Waals surface area contributed by atoms with E-state index in [1.807, 2.05) is 63.2 Å². The highest BCUT2D eigenvalue weighted by atomic mass is 16.5. The maximum absolute atomic E-state index is 13.5. The molecule has 33 heavy (non-hydrogen) atoms. The Morgan fingerprint density at radius 1 is 0.758 bits per heavy atom. The van der Waals surface area contributed by atoms with Crippen LogP contribution >= 0.6 is 0 Å². The molecule has 180 valence electrons. The highest BCUT2D eigenvalue weighted by Gasteiger charge is 2.32. The van der Waals surface area contributed by atoms with Gasteiger partial charge >= 0.3 is 5.97 Å². The average molecular weight is 451 g/mol. The van der Waals surface area contributed by atoms with Crippen LogP contribution in [0.5, 0.6) is 0 Å². The Labute approximate surface area is 200 Å². The van der Waals surface area contributed by atoms with E-state index in [0.717, 1.165) is 29.5 Å². The second-order valence-corrected chi connectivity index (χ2v) is 9.33. The highest BCUT2D eigenvalue weighted by molar-refractivity contribution is 6.14. The Morgan fingerprint density at radius 2 is 1.27 bits per heavy atom. The monoisotopic (exact) mass is 450 g/mol.